The quantitative estimate of drug-likeness (QED) is 0.880. The molecule has 0 saturated carbocycles. The second kappa shape index (κ2) is 4.86. The van der Waals surface area contributed by atoms with Gasteiger partial charge in [0, 0.05) is 6.20 Å². The number of aromatic nitrogens is 2. The number of nitrogens with zero attached hydrogens (tertiary/aromatic N) is 2. The van der Waals surface area contributed by atoms with Gasteiger partial charge in [0.25, 0.3) is 0 Å². The van der Waals surface area contributed by atoms with E-state index in [1.165, 1.54) is 11.9 Å². The summed E-state index contributed by atoms with van der Waals surface area (Å²) in [6.45, 7) is 6.51. The molecule has 1 aromatic heterocycles. The van der Waals surface area contributed by atoms with Crippen molar-refractivity contribution in [2.75, 3.05) is 0 Å². The standard InChI is InChI=1S/C15H18N2O/c1-15(2,3)12-6-4-11(5-7-12)14(18)13-8-9-16-10-17-13/h4-10,14,18H,1-3H3. The van der Waals surface area contributed by atoms with Crippen molar-refractivity contribution in [1.29, 1.82) is 0 Å². The van der Waals surface area contributed by atoms with Gasteiger partial charge in [0.05, 0.1) is 5.69 Å². The van der Waals surface area contributed by atoms with Gasteiger partial charge < -0.3 is 5.11 Å². The smallest absolute Gasteiger partial charge is 0.121 e. The fourth-order valence-corrected chi connectivity index (χ4v) is 1.80. The summed E-state index contributed by atoms with van der Waals surface area (Å²) in [7, 11) is 0. The van der Waals surface area contributed by atoms with Gasteiger partial charge in [-0.15, -0.1) is 0 Å². The van der Waals surface area contributed by atoms with Crippen molar-refractivity contribution in [3.63, 3.8) is 0 Å². The number of aliphatic hydroxyl groups excluding tert-OH is 1. The van der Waals surface area contributed by atoms with Gasteiger partial charge in [-0.2, -0.15) is 0 Å². The van der Waals surface area contributed by atoms with E-state index in [1.807, 2.05) is 12.1 Å². The van der Waals surface area contributed by atoms with E-state index in [0.29, 0.717) is 5.69 Å². The molecule has 3 heteroatoms. The predicted octanol–water partition coefficient (Wildman–Crippen LogP) is 2.86. The molecule has 3 nitrogen and oxygen atoms in total. The zero-order valence-electron chi connectivity index (χ0n) is 11.0. The fraction of sp³-hybridized carbons (Fsp3) is 0.333. The molecule has 0 aliphatic rings. The van der Waals surface area contributed by atoms with Gasteiger partial charge in [0.15, 0.2) is 0 Å². The SMILES string of the molecule is CC(C)(C)c1ccc(C(O)c2ccncn2)cc1. The number of benzene rings is 1. The van der Waals surface area contributed by atoms with Crippen LogP contribution in [0.15, 0.2) is 42.9 Å². The summed E-state index contributed by atoms with van der Waals surface area (Å²) in [5, 5.41) is 10.2. The summed E-state index contributed by atoms with van der Waals surface area (Å²) in [6.07, 6.45) is 2.39. The lowest BCUT2D eigenvalue weighted by Gasteiger charge is -2.20. The summed E-state index contributed by atoms with van der Waals surface area (Å²) >= 11 is 0. The Labute approximate surface area is 108 Å². The molecule has 0 bridgehead atoms. The number of rotatable bonds is 2. The highest BCUT2D eigenvalue weighted by atomic mass is 16.3. The third kappa shape index (κ3) is 2.74. The topological polar surface area (TPSA) is 46.0 Å². The Morgan fingerprint density at radius 1 is 1.06 bits per heavy atom. The molecule has 0 radical (unpaired) electrons. The normalized spacial score (nSPS) is 13.3. The Bertz CT molecular complexity index is 500. The maximum atomic E-state index is 10.2. The van der Waals surface area contributed by atoms with Crippen LogP contribution in [0.4, 0.5) is 0 Å². The van der Waals surface area contributed by atoms with E-state index in [9.17, 15) is 5.11 Å². The lowest BCUT2D eigenvalue weighted by atomic mass is 9.86. The average Bonchev–Trinajstić information content (AvgIpc) is 2.38. The molecule has 1 unspecified atom stereocenters. The van der Waals surface area contributed by atoms with Crippen LogP contribution in [-0.2, 0) is 5.41 Å². The Hall–Kier alpha value is -1.74. The first-order valence-electron chi connectivity index (χ1n) is 6.03. The molecule has 1 N–H and O–H groups in total. The second-order valence-corrected chi connectivity index (χ2v) is 5.41. The molecule has 94 valence electrons. The first-order chi connectivity index (χ1) is 8.48. The van der Waals surface area contributed by atoms with Crippen molar-refractivity contribution in [2.45, 2.75) is 32.3 Å². The highest BCUT2D eigenvalue weighted by Gasteiger charge is 2.15. The maximum absolute atomic E-state index is 10.2. The van der Waals surface area contributed by atoms with E-state index < -0.39 is 6.10 Å². The van der Waals surface area contributed by atoms with Crippen LogP contribution in [0.3, 0.4) is 0 Å². The molecule has 0 saturated heterocycles. The van der Waals surface area contributed by atoms with Crippen LogP contribution >= 0.6 is 0 Å². The van der Waals surface area contributed by atoms with Crippen molar-refractivity contribution < 1.29 is 5.11 Å². The summed E-state index contributed by atoms with van der Waals surface area (Å²) in [5.41, 5.74) is 2.84. The van der Waals surface area contributed by atoms with Crippen molar-refractivity contribution >= 4 is 0 Å². The van der Waals surface area contributed by atoms with Crippen molar-refractivity contribution in [3.05, 3.63) is 59.7 Å². The minimum atomic E-state index is -0.693. The minimum absolute atomic E-state index is 0.123. The highest BCUT2D eigenvalue weighted by Crippen LogP contribution is 2.25. The average molecular weight is 242 g/mol. The van der Waals surface area contributed by atoms with Gasteiger partial charge in [-0.1, -0.05) is 45.0 Å². The van der Waals surface area contributed by atoms with Gasteiger partial charge in [-0.25, -0.2) is 9.97 Å². The van der Waals surface area contributed by atoms with E-state index in [0.717, 1.165) is 5.56 Å². The van der Waals surface area contributed by atoms with Crippen LogP contribution in [0.25, 0.3) is 0 Å². The molecule has 1 heterocycles. The van der Waals surface area contributed by atoms with Gasteiger partial charge >= 0.3 is 0 Å². The maximum Gasteiger partial charge on any atom is 0.121 e. The fourth-order valence-electron chi connectivity index (χ4n) is 1.80. The molecule has 18 heavy (non-hydrogen) atoms. The van der Waals surface area contributed by atoms with E-state index in [1.54, 1.807) is 12.3 Å². The third-order valence-corrected chi connectivity index (χ3v) is 2.98. The molecule has 0 aliphatic heterocycles. The molecule has 1 atom stereocenters. The van der Waals surface area contributed by atoms with Crippen molar-refractivity contribution in [3.8, 4) is 0 Å². The molecular weight excluding hydrogens is 224 g/mol. The van der Waals surface area contributed by atoms with Crippen LogP contribution in [0.2, 0.25) is 0 Å². The van der Waals surface area contributed by atoms with E-state index in [4.69, 9.17) is 0 Å². The van der Waals surface area contributed by atoms with Gasteiger partial charge in [-0.3, -0.25) is 0 Å². The Morgan fingerprint density at radius 3 is 2.22 bits per heavy atom. The van der Waals surface area contributed by atoms with Gasteiger partial charge in [-0.05, 0) is 22.6 Å². The molecule has 0 spiro atoms. The van der Waals surface area contributed by atoms with E-state index in [-0.39, 0.29) is 5.41 Å². The molecule has 0 fully saturated rings. The molecule has 1 aromatic carbocycles. The molecule has 2 aromatic rings. The predicted molar refractivity (Wildman–Crippen MR) is 71.2 cm³/mol. The van der Waals surface area contributed by atoms with Gasteiger partial charge in [0.2, 0.25) is 0 Å². The minimum Gasteiger partial charge on any atom is -0.382 e. The molecule has 2 rings (SSSR count). The molecule has 0 aliphatic carbocycles. The molecular formula is C15H18N2O. The van der Waals surface area contributed by atoms with E-state index in [2.05, 4.69) is 42.9 Å². The third-order valence-electron chi connectivity index (χ3n) is 2.98. The number of hydrogen-bond donors (Lipinski definition) is 1. The van der Waals surface area contributed by atoms with Crippen molar-refractivity contribution in [2.24, 2.45) is 0 Å². The van der Waals surface area contributed by atoms with Crippen LogP contribution in [0, 0.1) is 0 Å². The summed E-state index contributed by atoms with van der Waals surface area (Å²) in [6, 6.07) is 9.74. The monoisotopic (exact) mass is 242 g/mol. The number of hydrogen-bond acceptors (Lipinski definition) is 3. The first-order valence-corrected chi connectivity index (χ1v) is 6.03. The first kappa shape index (κ1) is 12.7. The Kier molecular flexibility index (Phi) is 3.43. The summed E-state index contributed by atoms with van der Waals surface area (Å²) in [4.78, 5) is 7.91. The molecule has 0 amide bonds. The van der Waals surface area contributed by atoms with E-state index >= 15 is 0 Å². The zero-order valence-corrected chi connectivity index (χ0v) is 11.0. The van der Waals surface area contributed by atoms with Crippen LogP contribution in [0.5, 0.6) is 0 Å². The van der Waals surface area contributed by atoms with Crippen LogP contribution < -0.4 is 0 Å². The zero-order chi connectivity index (χ0) is 13.2. The Morgan fingerprint density at radius 2 is 1.72 bits per heavy atom. The summed E-state index contributed by atoms with van der Waals surface area (Å²) < 4.78 is 0. The largest absolute Gasteiger partial charge is 0.382 e. The lowest BCUT2D eigenvalue weighted by molar-refractivity contribution is 0.215. The van der Waals surface area contributed by atoms with Crippen LogP contribution in [-0.4, -0.2) is 15.1 Å². The van der Waals surface area contributed by atoms with Crippen LogP contribution in [0.1, 0.15) is 43.7 Å². The Balaban J connectivity index is 2.25. The second-order valence-electron chi connectivity index (χ2n) is 5.41. The van der Waals surface area contributed by atoms with Gasteiger partial charge in [0.1, 0.15) is 12.4 Å². The lowest BCUT2D eigenvalue weighted by Crippen LogP contribution is -2.11. The number of aliphatic hydroxyl groups is 1. The van der Waals surface area contributed by atoms with Crippen molar-refractivity contribution in [1.82, 2.24) is 9.97 Å². The highest BCUT2D eigenvalue weighted by molar-refractivity contribution is 5.31. The summed E-state index contributed by atoms with van der Waals surface area (Å²) in [5.74, 6) is 0.